The van der Waals surface area contributed by atoms with Gasteiger partial charge in [-0.3, -0.25) is 0 Å². The zero-order valence-corrected chi connectivity index (χ0v) is 11.5. The summed E-state index contributed by atoms with van der Waals surface area (Å²) in [5.74, 6) is 0. The Hall–Kier alpha value is -1.98. The summed E-state index contributed by atoms with van der Waals surface area (Å²) in [7, 11) is 0. The van der Waals surface area contributed by atoms with Crippen LogP contribution in [0.15, 0.2) is 28.5 Å². The lowest BCUT2D eigenvalue weighted by atomic mass is 10.1. The Bertz CT molecular complexity index is 614. The van der Waals surface area contributed by atoms with Crippen LogP contribution < -0.4 is 0 Å². The maximum Gasteiger partial charge on any atom is 0.215 e. The lowest BCUT2D eigenvalue weighted by Crippen LogP contribution is -2.21. The summed E-state index contributed by atoms with van der Waals surface area (Å²) < 4.78 is 7.19. The second-order valence-corrected chi connectivity index (χ2v) is 5.34. The predicted molar refractivity (Wildman–Crippen MR) is 70.0 cm³/mol. The molecule has 0 unspecified atom stereocenters. The molecule has 3 heterocycles. The van der Waals surface area contributed by atoms with Crippen molar-refractivity contribution in [1.29, 1.82) is 5.26 Å². The van der Waals surface area contributed by atoms with Crippen LogP contribution in [0.4, 0.5) is 0 Å². The first-order chi connectivity index (χ1) is 9.86. The molecule has 2 aromatic rings. The normalized spacial score (nSPS) is 15.9. The Morgan fingerprint density at radius 2 is 2.20 bits per heavy atom. The Balaban J connectivity index is 1.77. The first kappa shape index (κ1) is 13.0. The summed E-state index contributed by atoms with van der Waals surface area (Å²) in [5.41, 5.74) is 0.540. The molecule has 8 heteroatoms. The fraction of sp³-hybridized carbons (Fsp3) is 0.417. The third-order valence-corrected chi connectivity index (χ3v) is 3.96. The molecule has 0 atom stereocenters. The molecule has 0 spiro atoms. The van der Waals surface area contributed by atoms with Gasteiger partial charge in [0, 0.05) is 19.4 Å². The van der Waals surface area contributed by atoms with Gasteiger partial charge >= 0.3 is 0 Å². The highest BCUT2D eigenvalue weighted by Crippen LogP contribution is 2.28. The van der Waals surface area contributed by atoms with Crippen LogP contribution in [0.25, 0.3) is 0 Å². The molecule has 0 radical (unpaired) electrons. The number of nitriles is 1. The maximum absolute atomic E-state index is 8.75. The van der Waals surface area contributed by atoms with E-state index in [1.807, 2.05) is 10.8 Å². The lowest BCUT2D eigenvalue weighted by molar-refractivity contribution is 0.0631. The van der Waals surface area contributed by atoms with Gasteiger partial charge in [-0.2, -0.15) is 5.26 Å². The van der Waals surface area contributed by atoms with E-state index in [0.717, 1.165) is 31.1 Å². The molecule has 3 rings (SSSR count). The molecule has 0 aliphatic carbocycles. The van der Waals surface area contributed by atoms with E-state index in [1.54, 1.807) is 18.3 Å². The molecule has 0 aromatic carbocycles. The highest BCUT2D eigenvalue weighted by atomic mass is 32.2. The van der Waals surface area contributed by atoms with Crippen molar-refractivity contribution < 1.29 is 4.74 Å². The summed E-state index contributed by atoms with van der Waals surface area (Å²) in [6.07, 6.45) is 3.38. The zero-order chi connectivity index (χ0) is 13.8. The van der Waals surface area contributed by atoms with Crippen LogP contribution in [0.1, 0.15) is 24.4 Å². The third kappa shape index (κ3) is 2.79. The summed E-state index contributed by atoms with van der Waals surface area (Å²) in [6, 6.07) is 5.85. The van der Waals surface area contributed by atoms with Crippen molar-refractivity contribution in [2.45, 2.75) is 29.1 Å². The van der Waals surface area contributed by atoms with Gasteiger partial charge in [0.1, 0.15) is 11.1 Å². The molecule has 102 valence electrons. The Morgan fingerprint density at radius 1 is 1.35 bits per heavy atom. The van der Waals surface area contributed by atoms with Crippen molar-refractivity contribution in [3.63, 3.8) is 0 Å². The largest absolute Gasteiger partial charge is 0.381 e. The molecule has 1 fully saturated rings. The summed E-state index contributed by atoms with van der Waals surface area (Å²) in [6.45, 7) is 1.48. The number of rotatable bonds is 3. The highest BCUT2D eigenvalue weighted by molar-refractivity contribution is 7.99. The molecule has 1 aliphatic rings. The number of hydrogen-bond acceptors (Lipinski definition) is 7. The van der Waals surface area contributed by atoms with Crippen molar-refractivity contribution in [3.05, 3.63) is 23.9 Å². The van der Waals surface area contributed by atoms with Crippen molar-refractivity contribution in [3.8, 4) is 6.07 Å². The number of pyridine rings is 1. The van der Waals surface area contributed by atoms with E-state index < -0.39 is 0 Å². The van der Waals surface area contributed by atoms with Crippen LogP contribution in [-0.4, -0.2) is 38.4 Å². The van der Waals surface area contributed by atoms with Gasteiger partial charge in [0.25, 0.3) is 0 Å². The fourth-order valence-electron chi connectivity index (χ4n) is 2.01. The molecule has 0 amide bonds. The molecule has 0 saturated carbocycles. The topological polar surface area (TPSA) is 89.5 Å². The van der Waals surface area contributed by atoms with Crippen LogP contribution in [0.3, 0.4) is 0 Å². The lowest BCUT2D eigenvalue weighted by Gasteiger charge is -2.22. The number of ether oxygens (including phenoxy) is 1. The number of nitrogens with zero attached hydrogens (tertiary/aromatic N) is 6. The Morgan fingerprint density at radius 3 is 2.90 bits per heavy atom. The molecular formula is C12H12N6OS. The maximum atomic E-state index is 8.75. The molecule has 7 nitrogen and oxygen atoms in total. The van der Waals surface area contributed by atoms with Gasteiger partial charge < -0.3 is 4.74 Å². The third-order valence-electron chi connectivity index (χ3n) is 3.06. The SMILES string of the molecule is N#Cc1ccc(Sc2nnnn2C2CCOCC2)nc1. The van der Waals surface area contributed by atoms with E-state index >= 15 is 0 Å². The van der Waals surface area contributed by atoms with E-state index in [4.69, 9.17) is 10.00 Å². The molecular weight excluding hydrogens is 276 g/mol. The molecule has 0 N–H and O–H groups in total. The minimum absolute atomic E-state index is 0.277. The van der Waals surface area contributed by atoms with Crippen molar-refractivity contribution >= 4 is 11.8 Å². The molecule has 0 bridgehead atoms. The minimum atomic E-state index is 0.277. The summed E-state index contributed by atoms with van der Waals surface area (Å²) in [4.78, 5) is 4.22. The van der Waals surface area contributed by atoms with E-state index in [2.05, 4.69) is 20.5 Å². The van der Waals surface area contributed by atoms with Gasteiger partial charge in [-0.1, -0.05) is 0 Å². The first-order valence-electron chi connectivity index (χ1n) is 6.26. The highest BCUT2D eigenvalue weighted by Gasteiger charge is 2.21. The van der Waals surface area contributed by atoms with Crippen LogP contribution in [0.5, 0.6) is 0 Å². The number of hydrogen-bond donors (Lipinski definition) is 0. The van der Waals surface area contributed by atoms with Gasteiger partial charge in [-0.25, -0.2) is 9.67 Å². The quantitative estimate of drug-likeness (QED) is 0.844. The fourth-order valence-corrected chi connectivity index (χ4v) is 2.80. The number of tetrazole rings is 1. The Kier molecular flexibility index (Phi) is 3.90. The van der Waals surface area contributed by atoms with Gasteiger partial charge in [0.2, 0.25) is 5.16 Å². The van der Waals surface area contributed by atoms with Crippen LogP contribution >= 0.6 is 11.8 Å². The molecule has 1 saturated heterocycles. The molecule has 1 aliphatic heterocycles. The van der Waals surface area contributed by atoms with E-state index in [-0.39, 0.29) is 6.04 Å². The average molecular weight is 288 g/mol. The molecule has 2 aromatic heterocycles. The second kappa shape index (κ2) is 5.98. The summed E-state index contributed by atoms with van der Waals surface area (Å²) in [5, 5.41) is 22.1. The van der Waals surface area contributed by atoms with Crippen LogP contribution in [-0.2, 0) is 4.74 Å². The van der Waals surface area contributed by atoms with Crippen molar-refractivity contribution in [2.75, 3.05) is 13.2 Å². The van der Waals surface area contributed by atoms with Gasteiger partial charge in [-0.05, 0) is 47.2 Å². The number of aromatic nitrogens is 5. The van der Waals surface area contributed by atoms with Crippen molar-refractivity contribution in [2.24, 2.45) is 0 Å². The Labute approximate surface area is 120 Å². The molecule has 20 heavy (non-hydrogen) atoms. The van der Waals surface area contributed by atoms with E-state index in [9.17, 15) is 0 Å². The first-order valence-corrected chi connectivity index (χ1v) is 7.08. The smallest absolute Gasteiger partial charge is 0.215 e. The standard InChI is InChI=1S/C12H12N6OS/c13-7-9-1-2-11(14-8-9)20-12-15-16-17-18(12)10-3-5-19-6-4-10/h1-2,8,10H,3-6H2. The van der Waals surface area contributed by atoms with Gasteiger partial charge in [0.05, 0.1) is 11.6 Å². The van der Waals surface area contributed by atoms with Crippen LogP contribution in [0, 0.1) is 11.3 Å². The van der Waals surface area contributed by atoms with E-state index in [0.29, 0.717) is 10.7 Å². The summed E-state index contributed by atoms with van der Waals surface area (Å²) >= 11 is 1.40. The zero-order valence-electron chi connectivity index (χ0n) is 10.6. The van der Waals surface area contributed by atoms with Gasteiger partial charge in [0.15, 0.2) is 0 Å². The van der Waals surface area contributed by atoms with Gasteiger partial charge in [-0.15, -0.1) is 5.10 Å². The predicted octanol–water partition coefficient (Wildman–Crippen LogP) is 1.44. The minimum Gasteiger partial charge on any atom is -0.381 e. The monoisotopic (exact) mass is 288 g/mol. The second-order valence-electron chi connectivity index (χ2n) is 4.35. The van der Waals surface area contributed by atoms with E-state index in [1.165, 1.54) is 11.8 Å². The van der Waals surface area contributed by atoms with Crippen molar-refractivity contribution in [1.82, 2.24) is 25.2 Å². The average Bonchev–Trinajstić information content (AvgIpc) is 2.97. The van der Waals surface area contributed by atoms with Crippen LogP contribution in [0.2, 0.25) is 0 Å².